The second-order valence-corrected chi connectivity index (χ2v) is 11.6. The minimum atomic E-state index is -0.498. The van der Waals surface area contributed by atoms with Crippen molar-refractivity contribution in [1.82, 2.24) is 0 Å². The number of carbonyl (C=O) groups is 3. The predicted octanol–water partition coefficient (Wildman–Crippen LogP) is 1.09. The highest BCUT2D eigenvalue weighted by Crippen LogP contribution is 2.36. The fraction of sp³-hybridized carbons (Fsp3) is 0.480. The highest BCUT2D eigenvalue weighted by Gasteiger charge is 2.35. The molecule has 0 aliphatic carbocycles. The Kier molecular flexibility index (Phi) is 9.72. The highest BCUT2D eigenvalue weighted by atomic mass is 127. The van der Waals surface area contributed by atoms with Gasteiger partial charge in [0.1, 0.15) is 17.9 Å². The van der Waals surface area contributed by atoms with E-state index in [-0.39, 0.29) is 48.6 Å². The molecule has 0 spiro atoms. The molecule has 1 aliphatic rings. The van der Waals surface area contributed by atoms with Crippen LogP contribution in [0.5, 0.6) is 0 Å². The number of fused-ring (bicyclic) bond motifs is 1. The van der Waals surface area contributed by atoms with Crippen LogP contribution in [0.1, 0.15) is 58.4 Å². The van der Waals surface area contributed by atoms with Gasteiger partial charge in [-0.1, -0.05) is 23.7 Å². The van der Waals surface area contributed by atoms with Crippen LogP contribution in [-0.4, -0.2) is 47.9 Å². The van der Waals surface area contributed by atoms with Crippen molar-refractivity contribution in [2.45, 2.75) is 58.6 Å². The summed E-state index contributed by atoms with van der Waals surface area (Å²) in [5.74, 6) is -0.655. The van der Waals surface area contributed by atoms with Gasteiger partial charge in [-0.3, -0.25) is 14.4 Å². The lowest BCUT2D eigenvalue weighted by Crippen LogP contribution is -3.00. The Bertz CT molecular complexity index is 1060. The van der Waals surface area contributed by atoms with Crippen LogP contribution in [-0.2, 0) is 40.1 Å². The molecular formula is C25H32ClIN2O4S. The number of rotatable bonds is 8. The number of benzene rings is 1. The van der Waals surface area contributed by atoms with Crippen molar-refractivity contribution in [3.63, 3.8) is 0 Å². The second kappa shape index (κ2) is 11.5. The van der Waals surface area contributed by atoms with Crippen LogP contribution < -0.4 is 29.7 Å². The maximum atomic E-state index is 12.7. The molecule has 9 heteroatoms. The molecule has 0 bridgehead atoms. The number of Topliss-reactive ketones (excluding diaryl/α,β-unsaturated/α-hetero) is 1. The quantitative estimate of drug-likeness (QED) is 0.273. The second-order valence-electron chi connectivity index (χ2n) is 10.00. The number of ether oxygens (including phenoxy) is 1. The minimum Gasteiger partial charge on any atom is -1.00 e. The molecular weight excluding hydrogens is 587 g/mol. The average molecular weight is 619 g/mol. The maximum absolute atomic E-state index is 12.7. The number of halogens is 2. The molecule has 6 nitrogen and oxygen atoms in total. The summed E-state index contributed by atoms with van der Waals surface area (Å²) in [5.41, 5.74) is 7.60. The number of carbonyl (C=O) groups excluding carboxylic acids is 3. The van der Waals surface area contributed by atoms with E-state index in [9.17, 15) is 14.4 Å². The van der Waals surface area contributed by atoms with Crippen LogP contribution in [0.3, 0.4) is 0 Å². The molecule has 1 unspecified atom stereocenters. The Hall–Kier alpha value is -1.49. The molecule has 1 aliphatic heterocycles. The smallest absolute Gasteiger partial charge is 0.312 e. The molecule has 0 fully saturated rings. The summed E-state index contributed by atoms with van der Waals surface area (Å²) in [6.45, 7) is 7.74. The van der Waals surface area contributed by atoms with Gasteiger partial charge in [0, 0.05) is 29.2 Å². The minimum absolute atomic E-state index is 0. The molecule has 1 amide bonds. The molecule has 0 radical (unpaired) electrons. The van der Waals surface area contributed by atoms with Crippen LogP contribution >= 0.6 is 22.9 Å². The van der Waals surface area contributed by atoms with Crippen molar-refractivity contribution in [2.24, 2.45) is 5.73 Å². The lowest BCUT2D eigenvalue weighted by molar-refractivity contribution is -0.923. The van der Waals surface area contributed by atoms with E-state index >= 15 is 0 Å². The third kappa shape index (κ3) is 7.76. The largest absolute Gasteiger partial charge is 1.00 e. The SMILES string of the molecule is CC(C)(C)OC(=O)CC[N+]1(C)CCc2c(sc(CC(=O)Cc3ccc(Cl)cc3)c2C(N)=O)C1.[I-]. The van der Waals surface area contributed by atoms with Gasteiger partial charge in [0.2, 0.25) is 5.91 Å². The zero-order chi connectivity index (χ0) is 24.4. The highest BCUT2D eigenvalue weighted by molar-refractivity contribution is 7.12. The number of amides is 1. The molecule has 2 N–H and O–H groups in total. The Balaban J connectivity index is 0.00000408. The summed E-state index contributed by atoms with van der Waals surface area (Å²) < 4.78 is 6.13. The number of thiophene rings is 1. The molecule has 1 atom stereocenters. The van der Waals surface area contributed by atoms with E-state index in [1.54, 1.807) is 12.1 Å². The van der Waals surface area contributed by atoms with Crippen LogP contribution in [0, 0.1) is 0 Å². The van der Waals surface area contributed by atoms with Crippen LogP contribution in [0.15, 0.2) is 24.3 Å². The number of ketones is 1. The Morgan fingerprint density at radius 2 is 1.79 bits per heavy atom. The van der Waals surface area contributed by atoms with Crippen molar-refractivity contribution in [1.29, 1.82) is 0 Å². The van der Waals surface area contributed by atoms with Gasteiger partial charge in [0.15, 0.2) is 0 Å². The summed E-state index contributed by atoms with van der Waals surface area (Å²) in [7, 11) is 2.11. The predicted molar refractivity (Wildman–Crippen MR) is 130 cm³/mol. The van der Waals surface area contributed by atoms with Crippen LogP contribution in [0.2, 0.25) is 5.02 Å². The number of esters is 1. The summed E-state index contributed by atoms with van der Waals surface area (Å²) in [6, 6.07) is 7.20. The number of nitrogens with two attached hydrogens (primary N) is 1. The zero-order valence-electron chi connectivity index (χ0n) is 20.1. The van der Waals surface area contributed by atoms with E-state index in [1.807, 2.05) is 32.9 Å². The van der Waals surface area contributed by atoms with Gasteiger partial charge in [0.05, 0.1) is 37.0 Å². The number of likely N-dealkylation sites (N-methyl/N-ethyl adjacent to an activating group) is 1. The summed E-state index contributed by atoms with van der Waals surface area (Å²) in [5, 5.41) is 0.626. The van der Waals surface area contributed by atoms with E-state index in [0.29, 0.717) is 41.0 Å². The first kappa shape index (κ1) is 28.7. The van der Waals surface area contributed by atoms with Gasteiger partial charge in [-0.2, -0.15) is 0 Å². The van der Waals surface area contributed by atoms with Crippen molar-refractivity contribution < 1.29 is 47.6 Å². The topological polar surface area (TPSA) is 86.5 Å². The Morgan fingerprint density at radius 3 is 2.38 bits per heavy atom. The monoisotopic (exact) mass is 618 g/mol. The number of primary amides is 1. The molecule has 1 aromatic heterocycles. The van der Waals surface area contributed by atoms with E-state index in [0.717, 1.165) is 27.4 Å². The van der Waals surface area contributed by atoms with Gasteiger partial charge >= 0.3 is 5.97 Å². The molecule has 3 rings (SSSR count). The van der Waals surface area contributed by atoms with Crippen molar-refractivity contribution in [2.75, 3.05) is 20.1 Å². The standard InChI is InChI=1S/C25H31ClN2O4S.HI/c1-25(2,3)32-22(30)10-12-28(4)11-9-19-21(15-28)33-20(23(19)24(27)31)14-18(29)13-16-5-7-17(26)8-6-16;/h5-8H,9-15H2,1-4H3,(H-,27,31);1H. The average Bonchev–Trinajstić information content (AvgIpc) is 3.03. The van der Waals surface area contributed by atoms with Crippen LogP contribution in [0.25, 0.3) is 0 Å². The number of hydrogen-bond acceptors (Lipinski definition) is 5. The van der Waals surface area contributed by atoms with Crippen LogP contribution in [0.4, 0.5) is 0 Å². The number of nitrogens with zero attached hydrogens (tertiary/aromatic N) is 1. The Morgan fingerprint density at radius 1 is 1.15 bits per heavy atom. The van der Waals surface area contributed by atoms with Gasteiger partial charge in [-0.15, -0.1) is 11.3 Å². The normalized spacial score (nSPS) is 17.4. The molecule has 186 valence electrons. The lowest BCUT2D eigenvalue weighted by Gasteiger charge is -2.37. The molecule has 0 saturated carbocycles. The number of quaternary nitrogens is 1. The van der Waals surface area contributed by atoms with E-state index < -0.39 is 11.5 Å². The molecule has 2 heterocycles. The first-order valence-corrected chi connectivity index (χ1v) is 12.3. The summed E-state index contributed by atoms with van der Waals surface area (Å²) >= 11 is 7.42. The van der Waals surface area contributed by atoms with Crippen molar-refractivity contribution >= 4 is 40.6 Å². The molecule has 0 saturated heterocycles. The van der Waals surface area contributed by atoms with Gasteiger partial charge in [-0.25, -0.2) is 0 Å². The summed E-state index contributed by atoms with van der Waals surface area (Å²) in [6.07, 6.45) is 1.49. The first-order valence-electron chi connectivity index (χ1n) is 11.1. The fourth-order valence-electron chi connectivity index (χ4n) is 4.20. The molecule has 34 heavy (non-hydrogen) atoms. The Labute approximate surface area is 227 Å². The lowest BCUT2D eigenvalue weighted by atomic mass is 9.97. The van der Waals surface area contributed by atoms with Gasteiger partial charge in [0.25, 0.3) is 0 Å². The number of hydrogen-bond donors (Lipinski definition) is 1. The van der Waals surface area contributed by atoms with E-state index in [4.69, 9.17) is 22.1 Å². The first-order chi connectivity index (χ1) is 15.3. The fourth-order valence-corrected chi connectivity index (χ4v) is 5.88. The third-order valence-corrected chi connectivity index (χ3v) is 7.25. The van der Waals surface area contributed by atoms with Crippen molar-refractivity contribution in [3.05, 3.63) is 55.7 Å². The van der Waals surface area contributed by atoms with Gasteiger partial charge < -0.3 is 38.9 Å². The zero-order valence-corrected chi connectivity index (χ0v) is 23.8. The van der Waals surface area contributed by atoms with E-state index in [1.165, 1.54) is 11.3 Å². The molecule has 1 aromatic carbocycles. The summed E-state index contributed by atoms with van der Waals surface area (Å²) in [4.78, 5) is 39.0. The maximum Gasteiger partial charge on any atom is 0.312 e. The van der Waals surface area contributed by atoms with Gasteiger partial charge in [-0.05, 0) is 44.0 Å². The van der Waals surface area contributed by atoms with E-state index in [2.05, 4.69) is 7.05 Å². The molecule has 2 aromatic rings. The van der Waals surface area contributed by atoms with Crippen molar-refractivity contribution in [3.8, 4) is 0 Å². The third-order valence-electron chi connectivity index (χ3n) is 5.79.